The van der Waals surface area contributed by atoms with Gasteiger partial charge >= 0.3 is 0 Å². The first kappa shape index (κ1) is 22.5. The molecule has 0 bridgehead atoms. The molecule has 0 spiro atoms. The number of nitrogens with zero attached hydrogens (tertiary/aromatic N) is 3. The van der Waals surface area contributed by atoms with E-state index in [1.54, 1.807) is 36.7 Å². The number of amides is 3. The molecule has 4 aromatic rings. The van der Waals surface area contributed by atoms with E-state index in [1.165, 1.54) is 12.1 Å². The van der Waals surface area contributed by atoms with E-state index in [9.17, 15) is 18.8 Å². The van der Waals surface area contributed by atoms with Crippen LogP contribution in [0.5, 0.6) is 0 Å². The number of fused-ring (bicyclic) bond motifs is 2. The third-order valence-corrected chi connectivity index (χ3v) is 6.20. The number of hydrogen-bond acceptors (Lipinski definition) is 4. The maximum atomic E-state index is 13.5. The van der Waals surface area contributed by atoms with Crippen molar-refractivity contribution in [1.29, 1.82) is 0 Å². The van der Waals surface area contributed by atoms with Crippen LogP contribution >= 0.6 is 0 Å². The number of carbonyl (C=O) groups is 3. The summed E-state index contributed by atoms with van der Waals surface area (Å²) in [4.78, 5) is 43.8. The highest BCUT2D eigenvalue weighted by Crippen LogP contribution is 2.24. The second kappa shape index (κ2) is 9.13. The Morgan fingerprint density at radius 3 is 2.54 bits per heavy atom. The molecule has 1 atom stereocenters. The lowest BCUT2D eigenvalue weighted by atomic mass is 10.1. The lowest BCUT2D eigenvalue weighted by Gasteiger charge is -2.21. The fourth-order valence-electron chi connectivity index (χ4n) is 4.37. The standard InChI is InChI=1S/C27H23FN4O3/c1-17-6-11-20-21(14-17)27(35)32(26(20)34)13-12-25(33)30-23(18-7-9-19(28)10-8-18)15-31-16-29-22-4-2-3-5-24(22)31/h2-11,14,16,23H,12-13,15H2,1H3,(H,30,33). The largest absolute Gasteiger partial charge is 0.347 e. The molecule has 176 valence electrons. The molecule has 1 aromatic heterocycles. The summed E-state index contributed by atoms with van der Waals surface area (Å²) in [6, 6.07) is 18.3. The first-order valence-electron chi connectivity index (χ1n) is 11.3. The van der Waals surface area contributed by atoms with Crippen molar-refractivity contribution in [2.75, 3.05) is 6.54 Å². The maximum absolute atomic E-state index is 13.5. The Morgan fingerprint density at radius 1 is 1.00 bits per heavy atom. The summed E-state index contributed by atoms with van der Waals surface area (Å²) in [7, 11) is 0. The van der Waals surface area contributed by atoms with Crippen molar-refractivity contribution in [3.63, 3.8) is 0 Å². The average molecular weight is 471 g/mol. The van der Waals surface area contributed by atoms with Crippen LogP contribution < -0.4 is 5.32 Å². The van der Waals surface area contributed by atoms with Gasteiger partial charge in [-0.05, 0) is 48.9 Å². The highest BCUT2D eigenvalue weighted by Gasteiger charge is 2.35. The Bertz CT molecular complexity index is 1440. The van der Waals surface area contributed by atoms with E-state index in [-0.39, 0.29) is 30.6 Å². The third-order valence-electron chi connectivity index (χ3n) is 6.20. The van der Waals surface area contributed by atoms with Crippen molar-refractivity contribution in [2.45, 2.75) is 25.9 Å². The molecule has 1 N–H and O–H groups in total. The van der Waals surface area contributed by atoms with E-state index in [4.69, 9.17) is 0 Å². The molecule has 5 rings (SSSR count). The Morgan fingerprint density at radius 2 is 1.74 bits per heavy atom. The molecule has 2 heterocycles. The number of halogens is 1. The Labute approximate surface area is 201 Å². The average Bonchev–Trinajstić information content (AvgIpc) is 3.36. The van der Waals surface area contributed by atoms with Gasteiger partial charge in [0.2, 0.25) is 5.91 Å². The molecule has 0 aliphatic carbocycles. The summed E-state index contributed by atoms with van der Waals surface area (Å²) in [5.41, 5.74) is 4.09. The van der Waals surface area contributed by atoms with Crippen LogP contribution in [0.3, 0.4) is 0 Å². The van der Waals surface area contributed by atoms with Gasteiger partial charge in [0.15, 0.2) is 0 Å². The van der Waals surface area contributed by atoms with Crippen LogP contribution in [-0.4, -0.2) is 38.7 Å². The summed E-state index contributed by atoms with van der Waals surface area (Å²) < 4.78 is 15.5. The van der Waals surface area contributed by atoms with Crippen molar-refractivity contribution in [2.24, 2.45) is 0 Å². The van der Waals surface area contributed by atoms with Gasteiger partial charge in [0.25, 0.3) is 11.8 Å². The van der Waals surface area contributed by atoms with Gasteiger partial charge in [0.1, 0.15) is 5.82 Å². The number of carbonyl (C=O) groups excluding carboxylic acids is 3. The topological polar surface area (TPSA) is 84.3 Å². The summed E-state index contributed by atoms with van der Waals surface area (Å²) in [5, 5.41) is 2.98. The maximum Gasteiger partial charge on any atom is 0.261 e. The molecule has 8 heteroatoms. The number of benzene rings is 3. The number of aromatic nitrogens is 2. The fourth-order valence-corrected chi connectivity index (χ4v) is 4.37. The van der Waals surface area contributed by atoms with Crippen LogP contribution in [0, 0.1) is 12.7 Å². The molecule has 0 saturated carbocycles. The van der Waals surface area contributed by atoms with Crippen LogP contribution in [0.15, 0.2) is 73.1 Å². The molecular formula is C27H23FN4O3. The first-order valence-corrected chi connectivity index (χ1v) is 11.3. The summed E-state index contributed by atoms with van der Waals surface area (Å²) in [6.45, 7) is 2.21. The molecule has 0 fully saturated rings. The summed E-state index contributed by atoms with van der Waals surface area (Å²) in [6.07, 6.45) is 1.65. The molecule has 7 nitrogen and oxygen atoms in total. The number of hydrogen-bond donors (Lipinski definition) is 1. The molecule has 3 aromatic carbocycles. The minimum Gasteiger partial charge on any atom is -0.347 e. The Kier molecular flexibility index (Phi) is 5.86. The van der Waals surface area contributed by atoms with Crippen molar-refractivity contribution in [3.8, 4) is 0 Å². The second-order valence-corrected chi connectivity index (χ2v) is 8.62. The predicted octanol–water partition coefficient (Wildman–Crippen LogP) is 4.03. The lowest BCUT2D eigenvalue weighted by molar-refractivity contribution is -0.122. The lowest BCUT2D eigenvalue weighted by Crippen LogP contribution is -2.36. The van der Waals surface area contributed by atoms with Crippen LogP contribution in [0.2, 0.25) is 0 Å². The van der Waals surface area contributed by atoms with E-state index >= 15 is 0 Å². The predicted molar refractivity (Wildman–Crippen MR) is 128 cm³/mol. The van der Waals surface area contributed by atoms with Gasteiger partial charge in [-0.25, -0.2) is 9.37 Å². The van der Waals surface area contributed by atoms with E-state index in [0.717, 1.165) is 27.1 Å². The SMILES string of the molecule is Cc1ccc2c(c1)C(=O)N(CCC(=O)NC(Cn1cnc3ccccc31)c1ccc(F)cc1)C2=O. The van der Waals surface area contributed by atoms with Gasteiger partial charge in [-0.3, -0.25) is 19.3 Å². The molecular weight excluding hydrogens is 447 g/mol. The monoisotopic (exact) mass is 470 g/mol. The number of imidazole rings is 1. The zero-order chi connectivity index (χ0) is 24.5. The van der Waals surface area contributed by atoms with Crippen molar-refractivity contribution in [3.05, 3.63) is 101 Å². The Hall–Kier alpha value is -4.33. The first-order chi connectivity index (χ1) is 16.9. The molecule has 0 radical (unpaired) electrons. The summed E-state index contributed by atoms with van der Waals surface area (Å²) in [5.74, 6) is -1.47. The third kappa shape index (κ3) is 4.42. The molecule has 35 heavy (non-hydrogen) atoms. The van der Waals surface area contributed by atoms with Crippen molar-refractivity contribution in [1.82, 2.24) is 19.8 Å². The van der Waals surface area contributed by atoms with Crippen LogP contribution in [0.1, 0.15) is 44.3 Å². The smallest absolute Gasteiger partial charge is 0.261 e. The van der Waals surface area contributed by atoms with Crippen LogP contribution in [0.25, 0.3) is 11.0 Å². The minimum absolute atomic E-state index is 0.0264. The highest BCUT2D eigenvalue weighted by molar-refractivity contribution is 6.21. The number of para-hydroxylation sites is 2. The Balaban J connectivity index is 1.31. The zero-order valence-corrected chi connectivity index (χ0v) is 19.1. The van der Waals surface area contributed by atoms with Crippen LogP contribution in [-0.2, 0) is 11.3 Å². The van der Waals surface area contributed by atoms with Gasteiger partial charge in [0, 0.05) is 19.5 Å². The van der Waals surface area contributed by atoms with Gasteiger partial charge in [-0.1, -0.05) is 35.9 Å². The van der Waals surface area contributed by atoms with E-state index in [1.807, 2.05) is 35.8 Å². The quantitative estimate of drug-likeness (QED) is 0.414. The molecule has 1 aliphatic rings. The van der Waals surface area contributed by atoms with E-state index < -0.39 is 11.9 Å². The van der Waals surface area contributed by atoms with Gasteiger partial charge in [0.05, 0.1) is 34.5 Å². The van der Waals surface area contributed by atoms with Crippen molar-refractivity contribution < 1.29 is 18.8 Å². The number of rotatable bonds is 7. The number of nitrogens with one attached hydrogen (secondary N) is 1. The van der Waals surface area contributed by atoms with Gasteiger partial charge in [-0.15, -0.1) is 0 Å². The fraction of sp³-hybridized carbons (Fsp3) is 0.185. The second-order valence-electron chi connectivity index (χ2n) is 8.62. The minimum atomic E-state index is -0.467. The van der Waals surface area contributed by atoms with E-state index in [0.29, 0.717) is 17.7 Å². The highest BCUT2D eigenvalue weighted by atomic mass is 19.1. The van der Waals surface area contributed by atoms with Crippen molar-refractivity contribution >= 4 is 28.8 Å². The molecule has 1 aliphatic heterocycles. The number of aryl methyl sites for hydroxylation is 1. The number of imide groups is 1. The molecule has 1 unspecified atom stereocenters. The molecule has 3 amide bonds. The molecule has 0 saturated heterocycles. The normalized spacial score (nSPS) is 13.8. The zero-order valence-electron chi connectivity index (χ0n) is 19.1. The van der Waals surface area contributed by atoms with Gasteiger partial charge < -0.3 is 9.88 Å². The van der Waals surface area contributed by atoms with E-state index in [2.05, 4.69) is 10.3 Å². The van der Waals surface area contributed by atoms with Crippen LogP contribution in [0.4, 0.5) is 4.39 Å². The van der Waals surface area contributed by atoms with Gasteiger partial charge in [-0.2, -0.15) is 0 Å². The summed E-state index contributed by atoms with van der Waals surface area (Å²) >= 11 is 0.